The fourth-order valence-electron chi connectivity index (χ4n) is 2.50. The molecule has 0 spiro atoms. The highest BCUT2D eigenvalue weighted by molar-refractivity contribution is 5.76. The highest BCUT2D eigenvalue weighted by Crippen LogP contribution is 2.31. The van der Waals surface area contributed by atoms with E-state index in [0.29, 0.717) is 31.9 Å². The lowest BCUT2D eigenvalue weighted by Gasteiger charge is -2.33. The van der Waals surface area contributed by atoms with Gasteiger partial charge in [0.1, 0.15) is 6.10 Å². The molecular formula is C17H22F3NO3. The SMILES string of the molecule is CC(C)OCCC(=O)N1CCO[C@H](c2ccc(C(F)(F)F)cc2)C1. The highest BCUT2D eigenvalue weighted by Gasteiger charge is 2.31. The lowest BCUT2D eigenvalue weighted by molar-refractivity contribution is -0.140. The summed E-state index contributed by atoms with van der Waals surface area (Å²) in [6.07, 6.45) is -4.40. The van der Waals surface area contributed by atoms with Gasteiger partial charge in [-0.1, -0.05) is 12.1 Å². The number of ether oxygens (including phenoxy) is 2. The Morgan fingerprint density at radius 3 is 2.58 bits per heavy atom. The molecule has 1 fully saturated rings. The molecule has 1 atom stereocenters. The number of amides is 1. The van der Waals surface area contributed by atoms with Crippen molar-refractivity contribution in [3.63, 3.8) is 0 Å². The van der Waals surface area contributed by atoms with E-state index in [-0.39, 0.29) is 18.4 Å². The molecule has 2 rings (SSSR count). The Morgan fingerprint density at radius 2 is 2.00 bits per heavy atom. The van der Waals surface area contributed by atoms with Crippen molar-refractivity contribution in [3.05, 3.63) is 35.4 Å². The van der Waals surface area contributed by atoms with Crippen molar-refractivity contribution in [3.8, 4) is 0 Å². The smallest absolute Gasteiger partial charge is 0.378 e. The van der Waals surface area contributed by atoms with Crippen molar-refractivity contribution >= 4 is 5.91 Å². The van der Waals surface area contributed by atoms with Gasteiger partial charge < -0.3 is 14.4 Å². The van der Waals surface area contributed by atoms with E-state index < -0.39 is 17.8 Å². The van der Waals surface area contributed by atoms with Gasteiger partial charge in [0.05, 0.1) is 37.8 Å². The van der Waals surface area contributed by atoms with Gasteiger partial charge in [-0.05, 0) is 31.5 Å². The summed E-state index contributed by atoms with van der Waals surface area (Å²) >= 11 is 0. The summed E-state index contributed by atoms with van der Waals surface area (Å²) in [4.78, 5) is 13.9. The zero-order valence-corrected chi connectivity index (χ0v) is 13.8. The van der Waals surface area contributed by atoms with Crippen LogP contribution in [0.5, 0.6) is 0 Å². The van der Waals surface area contributed by atoms with Crippen LogP contribution in [0.1, 0.15) is 37.5 Å². The summed E-state index contributed by atoms with van der Waals surface area (Å²) in [7, 11) is 0. The summed E-state index contributed by atoms with van der Waals surface area (Å²) in [5, 5.41) is 0. The molecule has 1 amide bonds. The van der Waals surface area contributed by atoms with Crippen molar-refractivity contribution in [1.82, 2.24) is 4.90 Å². The topological polar surface area (TPSA) is 38.8 Å². The second kappa shape index (κ2) is 7.98. The van der Waals surface area contributed by atoms with Gasteiger partial charge >= 0.3 is 6.18 Å². The van der Waals surface area contributed by atoms with Crippen LogP contribution in [-0.2, 0) is 20.4 Å². The molecule has 24 heavy (non-hydrogen) atoms. The lowest BCUT2D eigenvalue weighted by atomic mass is 10.0. The number of hydrogen-bond donors (Lipinski definition) is 0. The third-order valence-corrected chi connectivity index (χ3v) is 3.80. The molecule has 1 aliphatic rings. The summed E-state index contributed by atoms with van der Waals surface area (Å²) in [6, 6.07) is 4.89. The normalized spacial score (nSPS) is 18.9. The summed E-state index contributed by atoms with van der Waals surface area (Å²) in [5.41, 5.74) is -0.0558. The number of benzene rings is 1. The lowest BCUT2D eigenvalue weighted by Crippen LogP contribution is -2.42. The van der Waals surface area contributed by atoms with Gasteiger partial charge in [0.15, 0.2) is 0 Å². The van der Waals surface area contributed by atoms with Crippen LogP contribution in [0.2, 0.25) is 0 Å². The van der Waals surface area contributed by atoms with E-state index >= 15 is 0 Å². The molecule has 4 nitrogen and oxygen atoms in total. The van der Waals surface area contributed by atoms with E-state index in [1.54, 1.807) is 4.90 Å². The van der Waals surface area contributed by atoms with Crippen molar-refractivity contribution < 1.29 is 27.4 Å². The Hall–Kier alpha value is -1.60. The van der Waals surface area contributed by atoms with Gasteiger partial charge in [-0.3, -0.25) is 4.79 Å². The first-order valence-corrected chi connectivity index (χ1v) is 7.95. The van der Waals surface area contributed by atoms with Gasteiger partial charge in [0.2, 0.25) is 5.91 Å². The van der Waals surface area contributed by atoms with Crippen molar-refractivity contribution in [2.24, 2.45) is 0 Å². The predicted octanol–water partition coefficient (Wildman–Crippen LogP) is 3.42. The molecule has 0 bridgehead atoms. The molecule has 0 unspecified atom stereocenters. The van der Waals surface area contributed by atoms with Crippen LogP contribution < -0.4 is 0 Å². The van der Waals surface area contributed by atoms with E-state index in [9.17, 15) is 18.0 Å². The predicted molar refractivity (Wildman–Crippen MR) is 82.4 cm³/mol. The fourth-order valence-corrected chi connectivity index (χ4v) is 2.50. The molecule has 1 aromatic rings. The summed E-state index contributed by atoms with van der Waals surface area (Å²) < 4.78 is 48.8. The van der Waals surface area contributed by atoms with Gasteiger partial charge in [0, 0.05) is 6.54 Å². The fraction of sp³-hybridized carbons (Fsp3) is 0.588. The average molecular weight is 345 g/mol. The number of carbonyl (C=O) groups excluding carboxylic acids is 1. The van der Waals surface area contributed by atoms with E-state index in [1.165, 1.54) is 12.1 Å². The Kier molecular flexibility index (Phi) is 6.23. The first-order valence-electron chi connectivity index (χ1n) is 7.95. The van der Waals surface area contributed by atoms with Crippen LogP contribution in [0.25, 0.3) is 0 Å². The molecule has 0 N–H and O–H groups in total. The van der Waals surface area contributed by atoms with Gasteiger partial charge in [-0.2, -0.15) is 13.2 Å². The zero-order chi connectivity index (χ0) is 17.7. The number of nitrogens with zero attached hydrogens (tertiary/aromatic N) is 1. The third kappa shape index (κ3) is 5.21. The monoisotopic (exact) mass is 345 g/mol. The van der Waals surface area contributed by atoms with Crippen LogP contribution in [0.3, 0.4) is 0 Å². The van der Waals surface area contributed by atoms with Crippen LogP contribution in [-0.4, -0.2) is 43.2 Å². The molecule has 0 aliphatic carbocycles. The second-order valence-electron chi connectivity index (χ2n) is 5.99. The maximum Gasteiger partial charge on any atom is 0.416 e. The molecule has 0 saturated carbocycles. The van der Waals surface area contributed by atoms with Crippen molar-refractivity contribution in [2.75, 3.05) is 26.3 Å². The van der Waals surface area contributed by atoms with Crippen LogP contribution in [0.15, 0.2) is 24.3 Å². The van der Waals surface area contributed by atoms with Gasteiger partial charge in [0.25, 0.3) is 0 Å². The first kappa shape index (κ1) is 18.7. The maximum absolute atomic E-state index is 12.6. The Bertz CT molecular complexity index is 543. The molecule has 134 valence electrons. The number of morpholine rings is 1. The quantitative estimate of drug-likeness (QED) is 0.821. The maximum atomic E-state index is 12.6. The molecule has 0 aromatic heterocycles. The van der Waals surface area contributed by atoms with Gasteiger partial charge in [-0.25, -0.2) is 0 Å². The largest absolute Gasteiger partial charge is 0.416 e. The molecule has 1 heterocycles. The molecule has 1 aromatic carbocycles. The molecule has 1 aliphatic heterocycles. The standard InChI is InChI=1S/C17H22F3NO3/c1-12(2)23-9-7-16(22)21-8-10-24-15(11-21)13-3-5-14(6-4-13)17(18,19)20/h3-6,12,15H,7-11H2,1-2H3/t15-/m0/s1. The van der Waals surface area contributed by atoms with Crippen molar-refractivity contribution in [2.45, 2.75) is 38.7 Å². The molecular weight excluding hydrogens is 323 g/mol. The number of halogens is 3. The minimum Gasteiger partial charge on any atom is -0.378 e. The van der Waals surface area contributed by atoms with E-state index in [1.807, 2.05) is 13.8 Å². The first-order chi connectivity index (χ1) is 11.3. The number of hydrogen-bond acceptors (Lipinski definition) is 3. The highest BCUT2D eigenvalue weighted by atomic mass is 19.4. The molecule has 1 saturated heterocycles. The minimum atomic E-state index is -4.36. The third-order valence-electron chi connectivity index (χ3n) is 3.80. The van der Waals surface area contributed by atoms with Crippen molar-refractivity contribution in [1.29, 1.82) is 0 Å². The van der Waals surface area contributed by atoms with Crippen LogP contribution in [0.4, 0.5) is 13.2 Å². The minimum absolute atomic E-state index is 0.0316. The van der Waals surface area contributed by atoms with Crippen LogP contribution in [0, 0.1) is 0 Å². The zero-order valence-electron chi connectivity index (χ0n) is 13.8. The van der Waals surface area contributed by atoms with E-state index in [4.69, 9.17) is 9.47 Å². The van der Waals surface area contributed by atoms with E-state index in [0.717, 1.165) is 12.1 Å². The average Bonchev–Trinajstić information content (AvgIpc) is 2.54. The second-order valence-corrected chi connectivity index (χ2v) is 5.99. The summed E-state index contributed by atoms with van der Waals surface area (Å²) in [5.74, 6) is -0.0316. The number of carbonyl (C=O) groups is 1. The van der Waals surface area contributed by atoms with Gasteiger partial charge in [-0.15, -0.1) is 0 Å². The van der Waals surface area contributed by atoms with Crippen LogP contribution >= 0.6 is 0 Å². The molecule has 0 radical (unpaired) electrons. The Balaban J connectivity index is 1.94. The number of rotatable bonds is 5. The Morgan fingerprint density at radius 1 is 1.33 bits per heavy atom. The summed E-state index contributed by atoms with van der Waals surface area (Å²) in [6.45, 7) is 5.35. The van der Waals surface area contributed by atoms with E-state index in [2.05, 4.69) is 0 Å². The molecule has 7 heteroatoms. The number of alkyl halides is 3. The Labute approximate surface area is 139 Å².